The lowest BCUT2D eigenvalue weighted by Crippen LogP contribution is -2.01. The summed E-state index contributed by atoms with van der Waals surface area (Å²) in [6.07, 6.45) is 0. The lowest BCUT2D eigenvalue weighted by atomic mass is 10.4. The molecule has 2 aromatic heterocycles. The van der Waals surface area contributed by atoms with E-state index in [2.05, 4.69) is 15.3 Å². The average Bonchev–Trinajstić information content (AvgIpc) is 2.56. The Balaban J connectivity index is 2.02. The molecule has 4 nitrogen and oxygen atoms in total. The van der Waals surface area contributed by atoms with Crippen LogP contribution >= 0.6 is 11.6 Å². The number of oxazole rings is 1. The molecule has 0 saturated carbocycles. The summed E-state index contributed by atoms with van der Waals surface area (Å²) in [5.74, 6) is 2.20. The molecule has 2 heterocycles. The van der Waals surface area contributed by atoms with Crippen LogP contribution in [0.1, 0.15) is 17.3 Å². The molecule has 0 aliphatic heterocycles. The van der Waals surface area contributed by atoms with Crippen LogP contribution in [0.2, 0.25) is 5.15 Å². The number of nitrogens with zero attached hydrogens (tertiary/aromatic N) is 2. The van der Waals surface area contributed by atoms with E-state index in [0.29, 0.717) is 23.4 Å². The zero-order valence-corrected chi connectivity index (χ0v) is 9.88. The predicted molar refractivity (Wildman–Crippen MR) is 62.6 cm³/mol. The first-order valence-electron chi connectivity index (χ1n) is 4.94. The Morgan fingerprint density at radius 2 is 2.12 bits per heavy atom. The van der Waals surface area contributed by atoms with Gasteiger partial charge in [-0.3, -0.25) is 0 Å². The van der Waals surface area contributed by atoms with Gasteiger partial charge in [-0.05, 0) is 26.0 Å². The SMILES string of the molecule is Cc1nc(CNc2cccc(Cl)n2)oc1C. The van der Waals surface area contributed by atoms with E-state index >= 15 is 0 Å². The van der Waals surface area contributed by atoms with Gasteiger partial charge in [0.25, 0.3) is 0 Å². The van der Waals surface area contributed by atoms with Crippen molar-refractivity contribution in [2.45, 2.75) is 20.4 Å². The van der Waals surface area contributed by atoms with E-state index in [9.17, 15) is 0 Å². The van der Waals surface area contributed by atoms with E-state index in [0.717, 1.165) is 11.5 Å². The number of nitrogens with one attached hydrogen (secondary N) is 1. The van der Waals surface area contributed by atoms with Crippen LogP contribution in [0.15, 0.2) is 22.6 Å². The maximum atomic E-state index is 5.77. The number of aryl methyl sites for hydroxylation is 2. The molecule has 0 aliphatic rings. The van der Waals surface area contributed by atoms with Crippen LogP contribution in [0, 0.1) is 13.8 Å². The maximum absolute atomic E-state index is 5.77. The maximum Gasteiger partial charge on any atom is 0.213 e. The second-order valence-electron chi connectivity index (χ2n) is 3.45. The van der Waals surface area contributed by atoms with Crippen LogP contribution < -0.4 is 5.32 Å². The Bertz CT molecular complexity index is 476. The minimum atomic E-state index is 0.463. The van der Waals surface area contributed by atoms with Gasteiger partial charge in [-0.1, -0.05) is 17.7 Å². The highest BCUT2D eigenvalue weighted by atomic mass is 35.5. The molecule has 0 saturated heterocycles. The fourth-order valence-corrected chi connectivity index (χ4v) is 1.45. The number of hydrogen-bond donors (Lipinski definition) is 1. The van der Waals surface area contributed by atoms with Gasteiger partial charge in [0, 0.05) is 0 Å². The minimum Gasteiger partial charge on any atom is -0.444 e. The monoisotopic (exact) mass is 237 g/mol. The van der Waals surface area contributed by atoms with Crippen LogP contribution in [0.3, 0.4) is 0 Å². The molecule has 5 heteroatoms. The third-order valence-corrected chi connectivity index (χ3v) is 2.42. The van der Waals surface area contributed by atoms with Crippen molar-refractivity contribution in [2.24, 2.45) is 0 Å². The molecular weight excluding hydrogens is 226 g/mol. The molecule has 0 amide bonds. The molecule has 0 unspecified atom stereocenters. The number of aromatic nitrogens is 2. The first-order valence-corrected chi connectivity index (χ1v) is 5.32. The molecule has 84 valence electrons. The molecule has 0 spiro atoms. The van der Waals surface area contributed by atoms with Gasteiger partial charge in [-0.2, -0.15) is 0 Å². The smallest absolute Gasteiger partial charge is 0.213 e. The van der Waals surface area contributed by atoms with Crippen LogP contribution in [0.4, 0.5) is 5.82 Å². The summed E-state index contributed by atoms with van der Waals surface area (Å²) in [5.41, 5.74) is 0.913. The molecular formula is C11H12ClN3O. The van der Waals surface area contributed by atoms with Gasteiger partial charge in [0.1, 0.15) is 16.7 Å². The van der Waals surface area contributed by atoms with E-state index in [-0.39, 0.29) is 0 Å². The average molecular weight is 238 g/mol. The molecule has 0 atom stereocenters. The van der Waals surface area contributed by atoms with Crippen molar-refractivity contribution in [3.63, 3.8) is 0 Å². The van der Waals surface area contributed by atoms with E-state index in [1.54, 1.807) is 6.07 Å². The Kier molecular flexibility index (Phi) is 3.10. The first kappa shape index (κ1) is 11.0. The van der Waals surface area contributed by atoms with E-state index in [4.69, 9.17) is 16.0 Å². The summed E-state index contributed by atoms with van der Waals surface area (Å²) in [7, 11) is 0. The summed E-state index contributed by atoms with van der Waals surface area (Å²) < 4.78 is 5.43. The second-order valence-corrected chi connectivity index (χ2v) is 3.84. The van der Waals surface area contributed by atoms with E-state index < -0.39 is 0 Å². The molecule has 0 radical (unpaired) electrons. The lowest BCUT2D eigenvalue weighted by Gasteiger charge is -2.02. The molecule has 0 bridgehead atoms. The fraction of sp³-hybridized carbons (Fsp3) is 0.273. The highest BCUT2D eigenvalue weighted by molar-refractivity contribution is 6.29. The van der Waals surface area contributed by atoms with Crippen LogP contribution in [-0.4, -0.2) is 9.97 Å². The zero-order chi connectivity index (χ0) is 11.5. The number of halogens is 1. The number of hydrogen-bond acceptors (Lipinski definition) is 4. The van der Waals surface area contributed by atoms with E-state index in [1.165, 1.54) is 0 Å². The third kappa shape index (κ3) is 2.52. The molecule has 0 aromatic carbocycles. The number of anilines is 1. The quantitative estimate of drug-likeness (QED) is 0.834. The Morgan fingerprint density at radius 3 is 2.75 bits per heavy atom. The third-order valence-electron chi connectivity index (χ3n) is 2.21. The number of pyridine rings is 1. The summed E-state index contributed by atoms with van der Waals surface area (Å²) in [4.78, 5) is 8.36. The second kappa shape index (κ2) is 4.53. The van der Waals surface area contributed by atoms with Crippen molar-refractivity contribution < 1.29 is 4.42 Å². The van der Waals surface area contributed by atoms with Gasteiger partial charge >= 0.3 is 0 Å². The largest absolute Gasteiger partial charge is 0.444 e. The summed E-state index contributed by atoms with van der Waals surface area (Å²) >= 11 is 5.77. The topological polar surface area (TPSA) is 51.0 Å². The van der Waals surface area contributed by atoms with Crippen molar-refractivity contribution in [1.29, 1.82) is 0 Å². The number of rotatable bonds is 3. The van der Waals surface area contributed by atoms with Crippen molar-refractivity contribution >= 4 is 17.4 Å². The van der Waals surface area contributed by atoms with Crippen LogP contribution in [-0.2, 0) is 6.54 Å². The molecule has 0 fully saturated rings. The minimum absolute atomic E-state index is 0.463. The molecule has 0 aliphatic carbocycles. The summed E-state index contributed by atoms with van der Waals surface area (Å²) in [6, 6.07) is 5.41. The Morgan fingerprint density at radius 1 is 1.31 bits per heavy atom. The molecule has 1 N–H and O–H groups in total. The summed E-state index contributed by atoms with van der Waals surface area (Å²) in [6.45, 7) is 4.31. The lowest BCUT2D eigenvalue weighted by molar-refractivity contribution is 0.478. The summed E-state index contributed by atoms with van der Waals surface area (Å²) in [5, 5.41) is 3.55. The zero-order valence-electron chi connectivity index (χ0n) is 9.12. The van der Waals surface area contributed by atoms with E-state index in [1.807, 2.05) is 26.0 Å². The molecule has 16 heavy (non-hydrogen) atoms. The highest BCUT2D eigenvalue weighted by Crippen LogP contribution is 2.12. The standard InChI is InChI=1S/C11H12ClN3O/c1-7-8(2)16-11(14-7)6-13-10-5-3-4-9(12)15-10/h3-5H,6H2,1-2H3,(H,13,15). The van der Waals surface area contributed by atoms with Crippen LogP contribution in [0.5, 0.6) is 0 Å². The van der Waals surface area contributed by atoms with Gasteiger partial charge < -0.3 is 9.73 Å². The van der Waals surface area contributed by atoms with Crippen molar-refractivity contribution in [3.05, 3.63) is 40.7 Å². The van der Waals surface area contributed by atoms with Crippen molar-refractivity contribution in [2.75, 3.05) is 5.32 Å². The van der Waals surface area contributed by atoms with Gasteiger partial charge in [-0.25, -0.2) is 9.97 Å². The Labute approximate surface area is 98.7 Å². The Hall–Kier alpha value is -1.55. The highest BCUT2D eigenvalue weighted by Gasteiger charge is 2.05. The van der Waals surface area contributed by atoms with Gasteiger partial charge in [0.05, 0.1) is 12.2 Å². The molecule has 2 aromatic rings. The molecule has 2 rings (SSSR count). The normalized spacial score (nSPS) is 10.4. The van der Waals surface area contributed by atoms with Crippen molar-refractivity contribution in [3.8, 4) is 0 Å². The van der Waals surface area contributed by atoms with Gasteiger partial charge in [-0.15, -0.1) is 0 Å². The fourth-order valence-electron chi connectivity index (χ4n) is 1.29. The first-order chi connectivity index (χ1) is 7.65. The van der Waals surface area contributed by atoms with Gasteiger partial charge in [0.15, 0.2) is 0 Å². The van der Waals surface area contributed by atoms with Gasteiger partial charge in [0.2, 0.25) is 5.89 Å². The van der Waals surface area contributed by atoms with Crippen LogP contribution in [0.25, 0.3) is 0 Å². The predicted octanol–water partition coefficient (Wildman–Crippen LogP) is 2.95. The van der Waals surface area contributed by atoms with Crippen molar-refractivity contribution in [1.82, 2.24) is 9.97 Å².